The lowest BCUT2D eigenvalue weighted by Gasteiger charge is -2.21. The summed E-state index contributed by atoms with van der Waals surface area (Å²) in [6.45, 7) is 0.636. The number of hydrogen-bond donors (Lipinski definition) is 5. The minimum atomic E-state index is -0.561. The van der Waals surface area contributed by atoms with Crippen LogP contribution in [-0.4, -0.2) is 40.2 Å². The Bertz CT molecular complexity index is 549. The maximum Gasteiger partial charge on any atom is 0.224 e. The highest BCUT2D eigenvalue weighted by molar-refractivity contribution is 5.83. The van der Waals surface area contributed by atoms with Crippen molar-refractivity contribution in [3.8, 4) is 17.2 Å². The Labute approximate surface area is 121 Å². The number of benzene rings is 1. The summed E-state index contributed by atoms with van der Waals surface area (Å²) in [5, 5.41) is 33.6. The highest BCUT2D eigenvalue weighted by Crippen LogP contribution is 2.36. The predicted octanol–water partition coefficient (Wildman–Crippen LogP) is -0.0117. The maximum absolute atomic E-state index is 11.9. The summed E-state index contributed by atoms with van der Waals surface area (Å²) >= 11 is 0. The largest absolute Gasteiger partial charge is 0.504 e. The Morgan fingerprint density at radius 3 is 2.71 bits per heavy atom. The molecule has 1 aliphatic rings. The summed E-state index contributed by atoms with van der Waals surface area (Å²) in [5.41, 5.74) is 0.433. The molecule has 0 radical (unpaired) electrons. The number of rotatable bonds is 4. The van der Waals surface area contributed by atoms with Crippen molar-refractivity contribution in [1.29, 1.82) is 0 Å². The van der Waals surface area contributed by atoms with Gasteiger partial charge in [-0.1, -0.05) is 6.07 Å². The second-order valence-corrected chi connectivity index (χ2v) is 5.02. The van der Waals surface area contributed by atoms with Crippen LogP contribution < -0.4 is 10.6 Å². The highest BCUT2D eigenvalue weighted by atomic mass is 16.3. The summed E-state index contributed by atoms with van der Waals surface area (Å²) in [6.07, 6.45) is 1.21. The van der Waals surface area contributed by atoms with Gasteiger partial charge in [-0.2, -0.15) is 0 Å². The van der Waals surface area contributed by atoms with Crippen molar-refractivity contribution in [1.82, 2.24) is 10.6 Å². The molecule has 1 fully saturated rings. The Morgan fingerprint density at radius 2 is 2.05 bits per heavy atom. The minimum absolute atomic E-state index is 0.0384. The van der Waals surface area contributed by atoms with Crippen LogP contribution in [0.25, 0.3) is 0 Å². The fourth-order valence-electron chi connectivity index (χ4n) is 2.23. The topological polar surface area (TPSA) is 119 Å². The van der Waals surface area contributed by atoms with Gasteiger partial charge in [-0.25, -0.2) is 0 Å². The number of phenolic OH excluding ortho intramolecular Hbond substituents is 3. The Morgan fingerprint density at radius 1 is 1.29 bits per heavy atom. The van der Waals surface area contributed by atoms with Gasteiger partial charge < -0.3 is 26.0 Å². The molecule has 2 rings (SSSR count). The fraction of sp³-hybridized carbons (Fsp3) is 0.429. The smallest absolute Gasteiger partial charge is 0.224 e. The molecule has 0 spiro atoms. The summed E-state index contributed by atoms with van der Waals surface area (Å²) in [5.74, 6) is -1.74. The molecule has 1 atom stereocenters. The van der Waals surface area contributed by atoms with Crippen LogP contribution in [0.2, 0.25) is 0 Å². The van der Waals surface area contributed by atoms with Crippen molar-refractivity contribution in [3.05, 3.63) is 17.7 Å². The molecule has 0 saturated carbocycles. The van der Waals surface area contributed by atoms with Gasteiger partial charge in [0.25, 0.3) is 0 Å². The van der Waals surface area contributed by atoms with E-state index in [4.69, 9.17) is 0 Å². The van der Waals surface area contributed by atoms with Crippen LogP contribution in [0, 0.1) is 5.92 Å². The lowest BCUT2D eigenvalue weighted by Crippen LogP contribution is -2.43. The molecule has 114 valence electrons. The van der Waals surface area contributed by atoms with E-state index in [1.807, 2.05) is 0 Å². The number of hydrogen-bond acceptors (Lipinski definition) is 5. The molecular weight excluding hydrogens is 276 g/mol. The Balaban J connectivity index is 1.83. The van der Waals surface area contributed by atoms with E-state index in [-0.39, 0.29) is 23.5 Å². The molecule has 1 aliphatic heterocycles. The van der Waals surface area contributed by atoms with E-state index >= 15 is 0 Å². The van der Waals surface area contributed by atoms with Crippen molar-refractivity contribution in [2.24, 2.45) is 5.92 Å². The van der Waals surface area contributed by atoms with Crippen LogP contribution in [0.3, 0.4) is 0 Å². The van der Waals surface area contributed by atoms with E-state index in [1.54, 1.807) is 0 Å². The van der Waals surface area contributed by atoms with Crippen LogP contribution in [0.4, 0.5) is 0 Å². The third kappa shape index (κ3) is 3.56. The Kier molecular flexibility index (Phi) is 4.52. The van der Waals surface area contributed by atoms with E-state index in [9.17, 15) is 24.9 Å². The van der Waals surface area contributed by atoms with E-state index in [0.29, 0.717) is 37.9 Å². The molecule has 1 saturated heterocycles. The van der Waals surface area contributed by atoms with Crippen molar-refractivity contribution in [2.45, 2.75) is 19.3 Å². The molecule has 1 aromatic rings. The van der Waals surface area contributed by atoms with Gasteiger partial charge in [0.1, 0.15) is 0 Å². The average molecular weight is 294 g/mol. The molecule has 0 bridgehead atoms. The summed E-state index contributed by atoms with van der Waals surface area (Å²) in [6, 6.07) is 2.76. The molecular formula is C14H18N2O5. The number of phenols is 3. The molecule has 0 aliphatic carbocycles. The third-order valence-corrected chi connectivity index (χ3v) is 3.54. The standard InChI is InChI=1S/C14H18N2O5/c17-10-3-1-8(12(19)13(10)20)5-6-15-14(21)9-2-4-11(18)16-7-9/h1,3,9,17,19-20H,2,4-7H2,(H,15,21)(H,16,18). The molecule has 5 N–H and O–H groups in total. The first-order valence-electron chi connectivity index (χ1n) is 6.76. The number of carbonyl (C=O) groups excluding carboxylic acids is 2. The number of carbonyl (C=O) groups is 2. The number of piperidine rings is 1. The molecule has 0 aromatic heterocycles. The van der Waals surface area contributed by atoms with Crippen LogP contribution in [0.1, 0.15) is 18.4 Å². The zero-order valence-corrected chi connectivity index (χ0v) is 11.4. The van der Waals surface area contributed by atoms with Crippen molar-refractivity contribution >= 4 is 11.8 Å². The average Bonchev–Trinajstić information content (AvgIpc) is 2.48. The normalized spacial score (nSPS) is 18.1. The number of amides is 2. The summed E-state index contributed by atoms with van der Waals surface area (Å²) < 4.78 is 0. The van der Waals surface area contributed by atoms with E-state index in [0.717, 1.165) is 0 Å². The second-order valence-electron chi connectivity index (χ2n) is 5.02. The molecule has 21 heavy (non-hydrogen) atoms. The van der Waals surface area contributed by atoms with Gasteiger partial charge in [-0.05, 0) is 24.5 Å². The van der Waals surface area contributed by atoms with E-state index in [1.165, 1.54) is 12.1 Å². The van der Waals surface area contributed by atoms with Crippen LogP contribution in [-0.2, 0) is 16.0 Å². The fourth-order valence-corrected chi connectivity index (χ4v) is 2.23. The highest BCUT2D eigenvalue weighted by Gasteiger charge is 2.24. The SMILES string of the molecule is O=C1CCC(C(=O)NCCc2ccc(O)c(O)c2O)CN1. The Hall–Kier alpha value is -2.44. The second kappa shape index (κ2) is 6.34. The van der Waals surface area contributed by atoms with Crippen LogP contribution in [0.15, 0.2) is 12.1 Å². The van der Waals surface area contributed by atoms with Gasteiger partial charge in [0.05, 0.1) is 5.92 Å². The van der Waals surface area contributed by atoms with E-state index < -0.39 is 11.5 Å². The minimum Gasteiger partial charge on any atom is -0.504 e. The lowest BCUT2D eigenvalue weighted by atomic mass is 9.98. The predicted molar refractivity (Wildman–Crippen MR) is 73.9 cm³/mol. The monoisotopic (exact) mass is 294 g/mol. The maximum atomic E-state index is 11.9. The first-order valence-corrected chi connectivity index (χ1v) is 6.76. The zero-order chi connectivity index (χ0) is 15.4. The van der Waals surface area contributed by atoms with Crippen molar-refractivity contribution < 1.29 is 24.9 Å². The first kappa shape index (κ1) is 15.0. The molecule has 2 amide bonds. The zero-order valence-electron chi connectivity index (χ0n) is 11.4. The summed E-state index contributed by atoms with van der Waals surface area (Å²) in [4.78, 5) is 22.9. The van der Waals surface area contributed by atoms with Gasteiger partial charge in [0, 0.05) is 19.5 Å². The first-order chi connectivity index (χ1) is 9.99. The molecule has 7 nitrogen and oxygen atoms in total. The summed E-state index contributed by atoms with van der Waals surface area (Å²) in [7, 11) is 0. The molecule has 1 heterocycles. The quantitative estimate of drug-likeness (QED) is 0.500. The number of aromatic hydroxyl groups is 3. The van der Waals surface area contributed by atoms with Crippen LogP contribution in [0.5, 0.6) is 17.2 Å². The molecule has 7 heteroatoms. The van der Waals surface area contributed by atoms with Gasteiger partial charge in [0.15, 0.2) is 11.5 Å². The van der Waals surface area contributed by atoms with Gasteiger partial charge in [0.2, 0.25) is 17.6 Å². The van der Waals surface area contributed by atoms with Gasteiger partial charge in [-0.3, -0.25) is 9.59 Å². The van der Waals surface area contributed by atoms with E-state index in [2.05, 4.69) is 10.6 Å². The molecule has 1 unspecified atom stereocenters. The van der Waals surface area contributed by atoms with Crippen LogP contribution >= 0.6 is 0 Å². The lowest BCUT2D eigenvalue weighted by molar-refractivity contribution is -0.128. The number of nitrogens with one attached hydrogen (secondary N) is 2. The van der Waals surface area contributed by atoms with Gasteiger partial charge in [-0.15, -0.1) is 0 Å². The molecule has 1 aromatic carbocycles. The third-order valence-electron chi connectivity index (χ3n) is 3.54. The van der Waals surface area contributed by atoms with Crippen molar-refractivity contribution in [2.75, 3.05) is 13.1 Å². The van der Waals surface area contributed by atoms with Gasteiger partial charge >= 0.3 is 0 Å². The van der Waals surface area contributed by atoms with Crippen molar-refractivity contribution in [3.63, 3.8) is 0 Å².